The van der Waals surface area contributed by atoms with E-state index in [0.29, 0.717) is 23.9 Å². The third-order valence-electron chi connectivity index (χ3n) is 3.85. The Bertz CT molecular complexity index is 573. The lowest BCUT2D eigenvalue weighted by molar-refractivity contribution is -0.141. The van der Waals surface area contributed by atoms with E-state index in [9.17, 15) is 14.7 Å². The van der Waals surface area contributed by atoms with Gasteiger partial charge in [-0.3, -0.25) is 9.59 Å². The molecule has 0 radical (unpaired) electrons. The smallest absolute Gasteiger partial charge is 0.321 e. The van der Waals surface area contributed by atoms with Crippen LogP contribution in [-0.2, 0) is 14.3 Å². The number of halogens is 1. The summed E-state index contributed by atoms with van der Waals surface area (Å²) in [5.74, 6) is -1.43. The maximum absolute atomic E-state index is 12.1. The Morgan fingerprint density at radius 3 is 2.91 bits per heavy atom. The van der Waals surface area contributed by atoms with Crippen LogP contribution in [0.25, 0.3) is 0 Å². The molecular weight excluding hydrogens is 320 g/mol. The van der Waals surface area contributed by atoms with E-state index in [-0.39, 0.29) is 18.4 Å². The monoisotopic (exact) mass is 340 g/mol. The van der Waals surface area contributed by atoms with Gasteiger partial charge in [0, 0.05) is 23.9 Å². The summed E-state index contributed by atoms with van der Waals surface area (Å²) in [7, 11) is 0. The normalized spacial score (nSPS) is 18.6. The van der Waals surface area contributed by atoms with Crippen LogP contribution in [0.15, 0.2) is 18.2 Å². The van der Waals surface area contributed by atoms with E-state index in [1.165, 1.54) is 0 Å². The molecule has 1 fully saturated rings. The number of hydrogen-bond acceptors (Lipinski definition) is 4. The molecule has 2 rings (SSSR count). The van der Waals surface area contributed by atoms with Crippen LogP contribution in [0.4, 0.5) is 5.69 Å². The number of carbonyl (C=O) groups is 2. The van der Waals surface area contributed by atoms with Crippen molar-refractivity contribution in [3.8, 4) is 0 Å². The lowest BCUT2D eigenvalue weighted by Gasteiger charge is -2.17. The van der Waals surface area contributed by atoms with Crippen LogP contribution in [0.2, 0.25) is 5.02 Å². The standard InChI is InChI=1S/C16H21ClN2O4/c1-10-12(17)5-2-6-13(10)19-15(20)8-14(16(21)22)18-9-11-4-3-7-23-11/h2,5-6,11,14,18H,3-4,7-9H2,1H3,(H,19,20)(H,21,22). The van der Waals surface area contributed by atoms with Crippen LogP contribution in [-0.4, -0.2) is 42.3 Å². The number of carboxylic acid groups (broad SMARTS) is 1. The molecule has 1 saturated heterocycles. The zero-order valence-corrected chi connectivity index (χ0v) is 13.7. The molecule has 126 valence electrons. The van der Waals surface area contributed by atoms with Gasteiger partial charge in [-0.1, -0.05) is 17.7 Å². The molecule has 1 heterocycles. The van der Waals surface area contributed by atoms with E-state index < -0.39 is 12.0 Å². The van der Waals surface area contributed by atoms with Crippen LogP contribution < -0.4 is 10.6 Å². The average Bonchev–Trinajstić information content (AvgIpc) is 3.01. The molecule has 3 N–H and O–H groups in total. The molecule has 0 aromatic heterocycles. The number of rotatable bonds is 7. The first-order chi connectivity index (χ1) is 11.0. The van der Waals surface area contributed by atoms with Crippen LogP contribution in [0.1, 0.15) is 24.8 Å². The Hall–Kier alpha value is -1.63. The average molecular weight is 341 g/mol. The number of carboxylic acids is 1. The highest BCUT2D eigenvalue weighted by Crippen LogP contribution is 2.23. The van der Waals surface area contributed by atoms with E-state index in [2.05, 4.69) is 10.6 Å². The highest BCUT2D eigenvalue weighted by atomic mass is 35.5. The summed E-state index contributed by atoms with van der Waals surface area (Å²) in [5, 5.41) is 15.4. The van der Waals surface area contributed by atoms with Gasteiger partial charge in [0.1, 0.15) is 6.04 Å². The molecular formula is C16H21ClN2O4. The van der Waals surface area contributed by atoms with Crippen molar-refractivity contribution in [1.29, 1.82) is 0 Å². The molecule has 1 amide bonds. The molecule has 0 aliphatic carbocycles. The van der Waals surface area contributed by atoms with Gasteiger partial charge < -0.3 is 20.5 Å². The van der Waals surface area contributed by atoms with Crippen molar-refractivity contribution >= 4 is 29.2 Å². The molecule has 0 bridgehead atoms. The summed E-state index contributed by atoms with van der Waals surface area (Å²) in [4.78, 5) is 23.4. The van der Waals surface area contributed by atoms with E-state index in [1.54, 1.807) is 25.1 Å². The van der Waals surface area contributed by atoms with Gasteiger partial charge in [-0.25, -0.2) is 0 Å². The number of carbonyl (C=O) groups excluding carboxylic acids is 1. The molecule has 2 atom stereocenters. The van der Waals surface area contributed by atoms with Crippen LogP contribution in [0.3, 0.4) is 0 Å². The van der Waals surface area contributed by atoms with Crippen LogP contribution in [0, 0.1) is 6.92 Å². The summed E-state index contributed by atoms with van der Waals surface area (Å²) in [6.45, 7) is 2.93. The van der Waals surface area contributed by atoms with Gasteiger partial charge in [0.15, 0.2) is 0 Å². The fourth-order valence-corrected chi connectivity index (χ4v) is 2.63. The first kappa shape index (κ1) is 17.7. The topological polar surface area (TPSA) is 87.7 Å². The van der Waals surface area contributed by atoms with Crippen LogP contribution in [0.5, 0.6) is 0 Å². The lowest BCUT2D eigenvalue weighted by atomic mass is 10.1. The van der Waals surface area contributed by atoms with E-state index in [1.807, 2.05) is 0 Å². The fourth-order valence-electron chi connectivity index (χ4n) is 2.46. The van der Waals surface area contributed by atoms with E-state index in [4.69, 9.17) is 16.3 Å². The molecule has 1 aliphatic heterocycles. The largest absolute Gasteiger partial charge is 0.480 e. The first-order valence-corrected chi connectivity index (χ1v) is 7.98. The zero-order valence-electron chi connectivity index (χ0n) is 13.0. The van der Waals surface area contributed by atoms with Crippen molar-refractivity contribution in [3.05, 3.63) is 28.8 Å². The van der Waals surface area contributed by atoms with Gasteiger partial charge in [-0.15, -0.1) is 0 Å². The SMILES string of the molecule is Cc1c(Cl)cccc1NC(=O)CC(NCC1CCCO1)C(=O)O. The predicted molar refractivity (Wildman–Crippen MR) is 87.8 cm³/mol. The summed E-state index contributed by atoms with van der Waals surface area (Å²) in [6.07, 6.45) is 1.76. The summed E-state index contributed by atoms with van der Waals surface area (Å²) in [5.41, 5.74) is 1.34. The summed E-state index contributed by atoms with van der Waals surface area (Å²) < 4.78 is 5.44. The van der Waals surface area contributed by atoms with Gasteiger partial charge in [0.25, 0.3) is 0 Å². The highest BCUT2D eigenvalue weighted by molar-refractivity contribution is 6.31. The quantitative estimate of drug-likeness (QED) is 0.708. The van der Waals surface area contributed by atoms with Crippen molar-refractivity contribution in [2.75, 3.05) is 18.5 Å². The Morgan fingerprint density at radius 1 is 1.48 bits per heavy atom. The van der Waals surface area contributed by atoms with E-state index in [0.717, 1.165) is 18.4 Å². The van der Waals surface area contributed by atoms with Gasteiger partial charge in [0.2, 0.25) is 5.91 Å². The second-order valence-electron chi connectivity index (χ2n) is 5.60. The Kier molecular flexibility index (Phi) is 6.38. The Morgan fingerprint density at radius 2 is 2.26 bits per heavy atom. The number of amides is 1. The zero-order chi connectivity index (χ0) is 16.8. The first-order valence-electron chi connectivity index (χ1n) is 7.60. The van der Waals surface area contributed by atoms with Crippen molar-refractivity contribution in [1.82, 2.24) is 5.32 Å². The molecule has 6 nitrogen and oxygen atoms in total. The van der Waals surface area contributed by atoms with Crippen molar-refractivity contribution < 1.29 is 19.4 Å². The Labute approximate surface area is 140 Å². The second-order valence-corrected chi connectivity index (χ2v) is 6.01. The van der Waals surface area contributed by atoms with Gasteiger partial charge in [-0.2, -0.15) is 0 Å². The van der Waals surface area contributed by atoms with Gasteiger partial charge in [0.05, 0.1) is 12.5 Å². The molecule has 1 aliphatic rings. The highest BCUT2D eigenvalue weighted by Gasteiger charge is 2.24. The predicted octanol–water partition coefficient (Wildman–Crippen LogP) is 2.20. The van der Waals surface area contributed by atoms with E-state index >= 15 is 0 Å². The number of ether oxygens (including phenoxy) is 1. The van der Waals surface area contributed by atoms with Gasteiger partial charge in [-0.05, 0) is 37.5 Å². The fraction of sp³-hybridized carbons (Fsp3) is 0.500. The number of anilines is 1. The maximum atomic E-state index is 12.1. The molecule has 1 aromatic rings. The maximum Gasteiger partial charge on any atom is 0.321 e. The third-order valence-corrected chi connectivity index (χ3v) is 4.25. The number of aliphatic carboxylic acids is 1. The summed E-state index contributed by atoms with van der Waals surface area (Å²) in [6, 6.07) is 4.25. The molecule has 2 unspecified atom stereocenters. The third kappa shape index (κ3) is 5.20. The van der Waals surface area contributed by atoms with Crippen molar-refractivity contribution in [2.45, 2.75) is 38.3 Å². The molecule has 0 saturated carbocycles. The number of nitrogens with one attached hydrogen (secondary N) is 2. The molecule has 23 heavy (non-hydrogen) atoms. The minimum Gasteiger partial charge on any atom is -0.480 e. The molecule has 7 heteroatoms. The minimum absolute atomic E-state index is 0.0232. The lowest BCUT2D eigenvalue weighted by Crippen LogP contribution is -2.43. The molecule has 0 spiro atoms. The number of hydrogen-bond donors (Lipinski definition) is 3. The molecule has 1 aromatic carbocycles. The van der Waals surface area contributed by atoms with Crippen molar-refractivity contribution in [2.24, 2.45) is 0 Å². The minimum atomic E-state index is -1.05. The Balaban J connectivity index is 1.89. The summed E-state index contributed by atoms with van der Waals surface area (Å²) >= 11 is 6.00. The van der Waals surface area contributed by atoms with Gasteiger partial charge >= 0.3 is 5.97 Å². The van der Waals surface area contributed by atoms with Crippen molar-refractivity contribution in [3.63, 3.8) is 0 Å². The van der Waals surface area contributed by atoms with Crippen LogP contribution >= 0.6 is 11.6 Å². The number of benzene rings is 1. The second kappa shape index (κ2) is 8.29.